The molecule has 1 aromatic carbocycles. The van der Waals surface area contributed by atoms with Gasteiger partial charge in [0.2, 0.25) is 0 Å². The number of benzene rings is 1. The molecule has 0 spiro atoms. The monoisotopic (exact) mass is 325 g/mol. The van der Waals surface area contributed by atoms with Gasteiger partial charge in [-0.05, 0) is 45.9 Å². The van der Waals surface area contributed by atoms with Gasteiger partial charge in [0.15, 0.2) is 0 Å². The molecule has 124 valence electrons. The Bertz CT molecular complexity index is 900. The average Bonchev–Trinajstić information content (AvgIpc) is 2.89. The molecular weight excluding hydrogens is 306 g/mol. The topological polar surface area (TPSA) is 77.2 Å². The highest BCUT2D eigenvalue weighted by Crippen LogP contribution is 2.27. The number of fused-ring (bicyclic) bond motifs is 1. The molecule has 24 heavy (non-hydrogen) atoms. The Kier molecular flexibility index (Phi) is 4.20. The number of ether oxygens (including phenoxy) is 1. The maximum atomic E-state index is 12.8. The van der Waals surface area contributed by atoms with E-state index in [0.717, 1.165) is 0 Å². The molecule has 6 nitrogen and oxygen atoms in total. The second kappa shape index (κ2) is 6.31. The number of nitrogens with one attached hydrogen (secondary N) is 1. The van der Waals surface area contributed by atoms with Gasteiger partial charge < -0.3 is 14.6 Å². The number of carbonyl (C=O) groups is 1. The Morgan fingerprint density at radius 3 is 2.75 bits per heavy atom. The van der Waals surface area contributed by atoms with Crippen molar-refractivity contribution in [3.05, 3.63) is 47.3 Å². The highest BCUT2D eigenvalue weighted by molar-refractivity contribution is 6.12. The second-order valence-corrected chi connectivity index (χ2v) is 5.88. The molecule has 1 amide bonds. The number of aryl methyl sites for hydroxylation is 2. The molecule has 0 aliphatic heterocycles. The minimum atomic E-state index is -0.253. The zero-order valence-corrected chi connectivity index (χ0v) is 14.1. The van der Waals surface area contributed by atoms with Crippen LogP contribution in [0.4, 0.5) is 5.69 Å². The van der Waals surface area contributed by atoms with Crippen molar-refractivity contribution < 1.29 is 14.1 Å². The number of aromatic nitrogens is 2. The van der Waals surface area contributed by atoms with Crippen LogP contribution in [0.3, 0.4) is 0 Å². The predicted octanol–water partition coefficient (Wildman–Crippen LogP) is 3.88. The number of carbonyl (C=O) groups excluding carboxylic acids is 1. The first-order chi connectivity index (χ1) is 11.5. The number of hydrogen-bond acceptors (Lipinski definition) is 5. The van der Waals surface area contributed by atoms with E-state index >= 15 is 0 Å². The molecule has 0 saturated carbocycles. The van der Waals surface area contributed by atoms with Gasteiger partial charge in [0.1, 0.15) is 5.75 Å². The summed E-state index contributed by atoms with van der Waals surface area (Å²) >= 11 is 0. The van der Waals surface area contributed by atoms with Gasteiger partial charge >= 0.3 is 0 Å². The number of hydrogen-bond donors (Lipinski definition) is 1. The number of pyridine rings is 1. The van der Waals surface area contributed by atoms with Crippen molar-refractivity contribution in [2.24, 2.45) is 0 Å². The molecule has 0 aliphatic carbocycles. The highest BCUT2D eigenvalue weighted by Gasteiger charge is 2.19. The summed E-state index contributed by atoms with van der Waals surface area (Å²) in [5.74, 6) is 0.376. The van der Waals surface area contributed by atoms with Crippen LogP contribution >= 0.6 is 0 Å². The van der Waals surface area contributed by atoms with Crippen LogP contribution in [0.5, 0.6) is 5.75 Å². The lowest BCUT2D eigenvalue weighted by Crippen LogP contribution is -2.15. The Morgan fingerprint density at radius 2 is 2.00 bits per heavy atom. The fourth-order valence-corrected chi connectivity index (χ4v) is 2.51. The Labute approximate surface area is 139 Å². The van der Waals surface area contributed by atoms with E-state index < -0.39 is 0 Å². The SMILES string of the molecule is Cc1cc(C(=O)Nc2ccccc2OC(C)C)c2c(C)noc2n1. The van der Waals surface area contributed by atoms with Crippen molar-refractivity contribution in [3.8, 4) is 5.75 Å². The van der Waals surface area contributed by atoms with E-state index in [2.05, 4.69) is 15.5 Å². The zero-order valence-electron chi connectivity index (χ0n) is 14.1. The first-order valence-corrected chi connectivity index (χ1v) is 7.76. The van der Waals surface area contributed by atoms with Crippen LogP contribution in [0.1, 0.15) is 35.6 Å². The van der Waals surface area contributed by atoms with Crippen molar-refractivity contribution in [1.29, 1.82) is 0 Å². The summed E-state index contributed by atoms with van der Waals surface area (Å²) in [5.41, 5.74) is 2.79. The normalized spacial score (nSPS) is 11.0. The average molecular weight is 325 g/mol. The van der Waals surface area contributed by atoms with E-state index in [-0.39, 0.29) is 12.0 Å². The molecule has 0 fully saturated rings. The van der Waals surface area contributed by atoms with Gasteiger partial charge in [0.25, 0.3) is 11.6 Å². The van der Waals surface area contributed by atoms with E-state index in [9.17, 15) is 4.79 Å². The van der Waals surface area contributed by atoms with Gasteiger partial charge in [-0.25, -0.2) is 4.98 Å². The van der Waals surface area contributed by atoms with Crippen molar-refractivity contribution in [1.82, 2.24) is 10.1 Å². The largest absolute Gasteiger partial charge is 0.489 e. The summed E-state index contributed by atoms with van der Waals surface area (Å²) in [7, 11) is 0. The third-order valence-corrected chi connectivity index (χ3v) is 3.49. The molecule has 0 saturated heterocycles. The van der Waals surface area contributed by atoms with Gasteiger partial charge in [-0.2, -0.15) is 0 Å². The van der Waals surface area contributed by atoms with Gasteiger partial charge in [0, 0.05) is 5.69 Å². The minimum absolute atomic E-state index is 0.0123. The number of para-hydroxylation sites is 2. The highest BCUT2D eigenvalue weighted by atomic mass is 16.5. The minimum Gasteiger partial charge on any atom is -0.489 e. The molecule has 6 heteroatoms. The molecule has 0 radical (unpaired) electrons. The fourth-order valence-electron chi connectivity index (χ4n) is 2.51. The van der Waals surface area contributed by atoms with Gasteiger partial charge in [-0.1, -0.05) is 17.3 Å². The van der Waals surface area contributed by atoms with Crippen molar-refractivity contribution in [2.45, 2.75) is 33.8 Å². The van der Waals surface area contributed by atoms with E-state index in [1.54, 1.807) is 19.1 Å². The van der Waals surface area contributed by atoms with Crippen LogP contribution in [0.15, 0.2) is 34.9 Å². The standard InChI is InChI=1S/C18H19N3O3/c1-10(2)23-15-8-6-5-7-14(15)20-17(22)13-9-11(3)19-18-16(13)12(4)21-24-18/h5-10H,1-4H3,(H,20,22). The van der Waals surface area contributed by atoms with E-state index in [1.165, 1.54) is 0 Å². The smallest absolute Gasteiger partial charge is 0.258 e. The Balaban J connectivity index is 1.98. The van der Waals surface area contributed by atoms with Crippen LogP contribution in [-0.2, 0) is 0 Å². The van der Waals surface area contributed by atoms with Crippen molar-refractivity contribution >= 4 is 22.7 Å². The van der Waals surface area contributed by atoms with Crippen molar-refractivity contribution in [3.63, 3.8) is 0 Å². The molecule has 2 aromatic heterocycles. The summed E-state index contributed by atoms with van der Waals surface area (Å²) in [6.45, 7) is 7.48. The fraction of sp³-hybridized carbons (Fsp3) is 0.278. The number of rotatable bonds is 4. The van der Waals surface area contributed by atoms with E-state index in [0.29, 0.717) is 39.5 Å². The van der Waals surface area contributed by atoms with Gasteiger partial charge in [-0.15, -0.1) is 0 Å². The van der Waals surface area contributed by atoms with Gasteiger partial charge in [-0.3, -0.25) is 4.79 Å². The lowest BCUT2D eigenvalue weighted by atomic mass is 10.1. The summed E-state index contributed by atoms with van der Waals surface area (Å²) in [6.07, 6.45) is 0.0123. The van der Waals surface area contributed by atoms with Crippen LogP contribution in [0.2, 0.25) is 0 Å². The third-order valence-electron chi connectivity index (χ3n) is 3.49. The maximum Gasteiger partial charge on any atom is 0.258 e. The number of anilines is 1. The molecule has 0 aliphatic rings. The summed E-state index contributed by atoms with van der Waals surface area (Å²) in [6, 6.07) is 9.08. The first-order valence-electron chi connectivity index (χ1n) is 7.76. The number of nitrogens with zero attached hydrogens (tertiary/aromatic N) is 2. The Morgan fingerprint density at radius 1 is 1.25 bits per heavy atom. The van der Waals surface area contributed by atoms with Crippen LogP contribution < -0.4 is 10.1 Å². The lowest BCUT2D eigenvalue weighted by molar-refractivity contribution is 0.102. The Hall–Kier alpha value is -2.89. The van der Waals surface area contributed by atoms with Crippen LogP contribution in [-0.4, -0.2) is 22.2 Å². The molecule has 0 atom stereocenters. The second-order valence-electron chi connectivity index (χ2n) is 5.88. The summed E-state index contributed by atoms with van der Waals surface area (Å²) < 4.78 is 10.9. The zero-order chi connectivity index (χ0) is 17.3. The summed E-state index contributed by atoms with van der Waals surface area (Å²) in [5, 5.41) is 7.43. The quantitative estimate of drug-likeness (QED) is 0.787. The predicted molar refractivity (Wildman–Crippen MR) is 91.4 cm³/mol. The van der Waals surface area contributed by atoms with Crippen molar-refractivity contribution in [2.75, 3.05) is 5.32 Å². The molecule has 3 rings (SSSR count). The third kappa shape index (κ3) is 3.08. The first kappa shape index (κ1) is 16.0. The molecule has 3 aromatic rings. The maximum absolute atomic E-state index is 12.8. The summed E-state index contributed by atoms with van der Waals surface area (Å²) in [4.78, 5) is 17.1. The van der Waals surface area contributed by atoms with Gasteiger partial charge in [0.05, 0.1) is 28.4 Å². The van der Waals surface area contributed by atoms with Crippen LogP contribution in [0, 0.1) is 13.8 Å². The van der Waals surface area contributed by atoms with E-state index in [1.807, 2.05) is 39.0 Å². The van der Waals surface area contributed by atoms with E-state index in [4.69, 9.17) is 9.26 Å². The lowest BCUT2D eigenvalue weighted by Gasteiger charge is -2.15. The molecular formula is C18H19N3O3. The number of amides is 1. The molecule has 2 heterocycles. The molecule has 1 N–H and O–H groups in total. The molecule has 0 bridgehead atoms. The van der Waals surface area contributed by atoms with Crippen LogP contribution in [0.25, 0.3) is 11.1 Å². The molecule has 0 unspecified atom stereocenters.